The molecule has 0 aromatic carbocycles. The van der Waals surface area contributed by atoms with Crippen molar-refractivity contribution in [3.63, 3.8) is 0 Å². The molecule has 1 rings (SSSR count). The summed E-state index contributed by atoms with van der Waals surface area (Å²) in [4.78, 5) is 18.4. The highest BCUT2D eigenvalue weighted by molar-refractivity contribution is 5.74. The molecule has 0 aromatic heterocycles. The molecule has 0 saturated carbocycles. The maximum atomic E-state index is 12.1. The monoisotopic (exact) mass is 227 g/mol. The van der Waals surface area contributed by atoms with Crippen molar-refractivity contribution in [2.45, 2.75) is 33.7 Å². The first-order valence-corrected chi connectivity index (χ1v) is 6.38. The molecule has 0 aliphatic carbocycles. The average Bonchev–Trinajstić information content (AvgIpc) is 2.30. The van der Waals surface area contributed by atoms with Gasteiger partial charge in [-0.05, 0) is 27.7 Å². The number of rotatable bonds is 3. The molecule has 0 radical (unpaired) electrons. The molecule has 1 aliphatic heterocycles. The zero-order chi connectivity index (χ0) is 12.1. The molecule has 0 N–H and O–H groups in total. The van der Waals surface area contributed by atoms with Gasteiger partial charge in [0, 0.05) is 45.3 Å². The molecule has 1 heterocycles. The second-order valence-electron chi connectivity index (χ2n) is 4.57. The third-order valence-corrected chi connectivity index (χ3v) is 3.35. The van der Waals surface area contributed by atoms with E-state index >= 15 is 0 Å². The van der Waals surface area contributed by atoms with E-state index in [1.807, 2.05) is 23.6 Å². The standard InChI is InChI=1S/C12H25N3O/c1-5-13(6-2)12(16)15-9-7-14(8-10-15)11(3)4/h11H,5-10H2,1-4H3. The summed E-state index contributed by atoms with van der Waals surface area (Å²) in [6.07, 6.45) is 0. The molecule has 1 saturated heterocycles. The van der Waals surface area contributed by atoms with Crippen molar-refractivity contribution in [3.8, 4) is 0 Å². The molecule has 0 spiro atoms. The van der Waals surface area contributed by atoms with Gasteiger partial charge in [0.2, 0.25) is 0 Å². The average molecular weight is 227 g/mol. The molecular weight excluding hydrogens is 202 g/mol. The molecule has 4 heteroatoms. The molecule has 0 bridgehead atoms. The van der Waals surface area contributed by atoms with Crippen LogP contribution in [0.2, 0.25) is 0 Å². The van der Waals surface area contributed by atoms with E-state index < -0.39 is 0 Å². The zero-order valence-electron chi connectivity index (χ0n) is 11.1. The molecule has 0 unspecified atom stereocenters. The Bertz CT molecular complexity index is 218. The summed E-state index contributed by atoms with van der Waals surface area (Å²) in [5, 5.41) is 0. The predicted molar refractivity (Wildman–Crippen MR) is 66.6 cm³/mol. The molecule has 4 nitrogen and oxygen atoms in total. The van der Waals surface area contributed by atoms with Crippen LogP contribution >= 0.6 is 0 Å². The Morgan fingerprint density at radius 2 is 1.62 bits per heavy atom. The van der Waals surface area contributed by atoms with E-state index in [-0.39, 0.29) is 6.03 Å². The highest BCUT2D eigenvalue weighted by atomic mass is 16.2. The number of piperazine rings is 1. The van der Waals surface area contributed by atoms with Crippen LogP contribution in [0.15, 0.2) is 0 Å². The first-order valence-electron chi connectivity index (χ1n) is 6.38. The van der Waals surface area contributed by atoms with Gasteiger partial charge in [0.1, 0.15) is 0 Å². The number of nitrogens with zero attached hydrogens (tertiary/aromatic N) is 3. The minimum atomic E-state index is 0.202. The van der Waals surface area contributed by atoms with Gasteiger partial charge in [-0.3, -0.25) is 4.90 Å². The lowest BCUT2D eigenvalue weighted by atomic mass is 10.2. The fourth-order valence-electron chi connectivity index (χ4n) is 2.12. The Morgan fingerprint density at radius 3 is 2.00 bits per heavy atom. The van der Waals surface area contributed by atoms with Crippen molar-refractivity contribution in [1.29, 1.82) is 0 Å². The van der Waals surface area contributed by atoms with Crippen LogP contribution < -0.4 is 0 Å². The lowest BCUT2D eigenvalue weighted by Gasteiger charge is -2.38. The summed E-state index contributed by atoms with van der Waals surface area (Å²) in [5.41, 5.74) is 0. The summed E-state index contributed by atoms with van der Waals surface area (Å²) < 4.78 is 0. The van der Waals surface area contributed by atoms with Gasteiger partial charge in [-0.1, -0.05) is 0 Å². The normalized spacial score (nSPS) is 17.9. The summed E-state index contributed by atoms with van der Waals surface area (Å²) in [6.45, 7) is 13.8. The van der Waals surface area contributed by atoms with Gasteiger partial charge in [0.25, 0.3) is 0 Å². The van der Waals surface area contributed by atoms with Gasteiger partial charge in [-0.15, -0.1) is 0 Å². The minimum Gasteiger partial charge on any atom is -0.325 e. The van der Waals surface area contributed by atoms with E-state index in [1.54, 1.807) is 0 Å². The Balaban J connectivity index is 2.44. The fourth-order valence-corrected chi connectivity index (χ4v) is 2.12. The van der Waals surface area contributed by atoms with E-state index in [1.165, 1.54) is 0 Å². The van der Waals surface area contributed by atoms with Crippen LogP contribution in [0.3, 0.4) is 0 Å². The lowest BCUT2D eigenvalue weighted by molar-refractivity contribution is 0.101. The highest BCUT2D eigenvalue weighted by Crippen LogP contribution is 2.08. The molecule has 2 amide bonds. The van der Waals surface area contributed by atoms with Gasteiger partial charge < -0.3 is 9.80 Å². The van der Waals surface area contributed by atoms with Crippen LogP contribution in [0.1, 0.15) is 27.7 Å². The summed E-state index contributed by atoms with van der Waals surface area (Å²) in [5.74, 6) is 0. The van der Waals surface area contributed by atoms with Crippen LogP contribution in [-0.2, 0) is 0 Å². The summed E-state index contributed by atoms with van der Waals surface area (Å²) in [7, 11) is 0. The zero-order valence-corrected chi connectivity index (χ0v) is 11.1. The molecule has 16 heavy (non-hydrogen) atoms. The third kappa shape index (κ3) is 3.11. The largest absolute Gasteiger partial charge is 0.325 e. The maximum absolute atomic E-state index is 12.1. The maximum Gasteiger partial charge on any atom is 0.320 e. The van der Waals surface area contributed by atoms with Crippen LogP contribution in [0.25, 0.3) is 0 Å². The summed E-state index contributed by atoms with van der Waals surface area (Å²) in [6, 6.07) is 0.791. The lowest BCUT2D eigenvalue weighted by Crippen LogP contribution is -2.54. The number of carbonyl (C=O) groups excluding carboxylic acids is 1. The quantitative estimate of drug-likeness (QED) is 0.730. The Morgan fingerprint density at radius 1 is 1.12 bits per heavy atom. The van der Waals surface area contributed by atoms with Crippen LogP contribution in [-0.4, -0.2) is 66.0 Å². The number of urea groups is 1. The van der Waals surface area contributed by atoms with Crippen molar-refractivity contribution in [2.75, 3.05) is 39.3 Å². The van der Waals surface area contributed by atoms with E-state index in [2.05, 4.69) is 18.7 Å². The van der Waals surface area contributed by atoms with Crippen LogP contribution in [0.5, 0.6) is 0 Å². The van der Waals surface area contributed by atoms with Gasteiger partial charge in [-0.2, -0.15) is 0 Å². The van der Waals surface area contributed by atoms with Crippen molar-refractivity contribution >= 4 is 6.03 Å². The van der Waals surface area contributed by atoms with Crippen molar-refractivity contribution < 1.29 is 4.79 Å². The number of amides is 2. The Kier molecular flexibility index (Phi) is 5.06. The van der Waals surface area contributed by atoms with Crippen LogP contribution in [0.4, 0.5) is 4.79 Å². The van der Waals surface area contributed by atoms with Gasteiger partial charge in [0.05, 0.1) is 0 Å². The van der Waals surface area contributed by atoms with Gasteiger partial charge >= 0.3 is 6.03 Å². The number of hydrogen-bond donors (Lipinski definition) is 0. The predicted octanol–water partition coefficient (Wildman–Crippen LogP) is 1.47. The van der Waals surface area contributed by atoms with Crippen LogP contribution in [0, 0.1) is 0 Å². The number of hydrogen-bond acceptors (Lipinski definition) is 2. The third-order valence-electron chi connectivity index (χ3n) is 3.35. The molecule has 0 aromatic rings. The minimum absolute atomic E-state index is 0.202. The van der Waals surface area contributed by atoms with E-state index in [9.17, 15) is 4.79 Å². The first kappa shape index (κ1) is 13.3. The second-order valence-corrected chi connectivity index (χ2v) is 4.57. The van der Waals surface area contributed by atoms with Crippen molar-refractivity contribution in [2.24, 2.45) is 0 Å². The topological polar surface area (TPSA) is 26.8 Å². The highest BCUT2D eigenvalue weighted by Gasteiger charge is 2.24. The summed E-state index contributed by atoms with van der Waals surface area (Å²) >= 11 is 0. The van der Waals surface area contributed by atoms with E-state index in [0.717, 1.165) is 39.3 Å². The van der Waals surface area contributed by atoms with E-state index in [0.29, 0.717) is 6.04 Å². The molecule has 1 fully saturated rings. The SMILES string of the molecule is CCN(CC)C(=O)N1CCN(C(C)C)CC1. The Labute approximate surface area is 99.2 Å². The van der Waals surface area contributed by atoms with Crippen molar-refractivity contribution in [3.05, 3.63) is 0 Å². The first-order chi connectivity index (χ1) is 7.60. The fraction of sp³-hybridized carbons (Fsp3) is 0.917. The van der Waals surface area contributed by atoms with Gasteiger partial charge in [-0.25, -0.2) is 4.79 Å². The smallest absolute Gasteiger partial charge is 0.320 e. The molecule has 0 atom stereocenters. The molecule has 94 valence electrons. The number of carbonyl (C=O) groups is 1. The van der Waals surface area contributed by atoms with E-state index in [4.69, 9.17) is 0 Å². The Hall–Kier alpha value is -0.770. The van der Waals surface area contributed by atoms with Gasteiger partial charge in [0.15, 0.2) is 0 Å². The molecule has 1 aliphatic rings. The molecular formula is C12H25N3O. The van der Waals surface area contributed by atoms with Crippen molar-refractivity contribution in [1.82, 2.24) is 14.7 Å². The second kappa shape index (κ2) is 6.09.